The molecule has 5 heterocycles. The van der Waals surface area contributed by atoms with Gasteiger partial charge >= 0.3 is 5.69 Å². The Morgan fingerprint density at radius 3 is 2.47 bits per heavy atom. The number of nitrogens with zero attached hydrogens (tertiary/aromatic N) is 5. The number of ether oxygens (including phenoxy) is 1. The first-order valence-electron chi connectivity index (χ1n) is 22.8. The molecule has 1 spiro atoms. The summed E-state index contributed by atoms with van der Waals surface area (Å²) < 4.78 is 35.8. The van der Waals surface area contributed by atoms with Crippen molar-refractivity contribution in [3.8, 4) is 11.5 Å². The first-order valence-corrected chi connectivity index (χ1v) is 24.3. The number of aliphatic hydroxyl groups is 1. The molecule has 5 fully saturated rings. The van der Waals surface area contributed by atoms with Crippen molar-refractivity contribution in [2.24, 2.45) is 11.3 Å². The highest BCUT2D eigenvalue weighted by Gasteiger charge is 2.50. The van der Waals surface area contributed by atoms with Crippen LogP contribution in [0.3, 0.4) is 0 Å². The molecular weight excluding hydrogens is 833 g/mol. The van der Waals surface area contributed by atoms with E-state index in [0.717, 1.165) is 81.1 Å². The molecule has 10 rings (SSSR count). The molecule has 336 valence electrons. The molecule has 2 aromatic carbocycles. The lowest BCUT2D eigenvalue weighted by molar-refractivity contribution is -0.384. The van der Waals surface area contributed by atoms with Crippen LogP contribution in [0.1, 0.15) is 111 Å². The van der Waals surface area contributed by atoms with Gasteiger partial charge in [-0.25, -0.2) is 23.1 Å². The van der Waals surface area contributed by atoms with E-state index in [0.29, 0.717) is 42.7 Å². The number of hydrogen-bond acceptors (Lipinski definition) is 12. The molecule has 3 aromatic heterocycles. The van der Waals surface area contributed by atoms with Gasteiger partial charge in [-0.3, -0.25) is 19.8 Å². The summed E-state index contributed by atoms with van der Waals surface area (Å²) in [6.07, 6.45) is 15.6. The van der Waals surface area contributed by atoms with Gasteiger partial charge in [0.25, 0.3) is 15.9 Å². The highest BCUT2D eigenvalue weighted by molar-refractivity contribution is 7.90. The van der Waals surface area contributed by atoms with Crippen LogP contribution in [0, 0.1) is 21.4 Å². The van der Waals surface area contributed by atoms with Crippen LogP contribution in [-0.4, -0.2) is 88.6 Å². The molecule has 3 aliphatic carbocycles. The quantitative estimate of drug-likeness (QED) is 0.0654. The van der Waals surface area contributed by atoms with Gasteiger partial charge in [0, 0.05) is 68.2 Å². The maximum atomic E-state index is 14.0. The first kappa shape index (κ1) is 42.4. The monoisotopic (exact) mass is 888 g/mol. The van der Waals surface area contributed by atoms with Gasteiger partial charge in [-0.1, -0.05) is 30.7 Å². The summed E-state index contributed by atoms with van der Waals surface area (Å²) in [5.41, 5.74) is 3.68. The van der Waals surface area contributed by atoms with Crippen LogP contribution in [-0.2, 0) is 10.0 Å². The lowest BCUT2D eigenvalue weighted by Crippen LogP contribution is -2.63. The number of nitrogens with one attached hydrogen (secondary N) is 3. The molecule has 2 atom stereocenters. The minimum absolute atomic E-state index is 0.0359. The number of carbonyl (C=O) groups is 1. The van der Waals surface area contributed by atoms with Crippen LogP contribution in [0.25, 0.3) is 11.0 Å². The lowest BCUT2D eigenvalue weighted by Gasteiger charge is -2.57. The molecule has 16 heteroatoms. The molecule has 15 nitrogen and oxygen atoms in total. The van der Waals surface area contributed by atoms with Crippen molar-refractivity contribution < 1.29 is 28.0 Å². The van der Waals surface area contributed by atoms with E-state index in [-0.39, 0.29) is 28.5 Å². The molecule has 3 saturated carbocycles. The zero-order valence-corrected chi connectivity index (χ0v) is 37.0. The van der Waals surface area contributed by atoms with E-state index in [9.17, 15) is 28.4 Å². The van der Waals surface area contributed by atoms with E-state index >= 15 is 0 Å². The Hall–Kier alpha value is -5.58. The number of pyridine rings is 2. The van der Waals surface area contributed by atoms with Gasteiger partial charge in [-0.2, -0.15) is 0 Å². The van der Waals surface area contributed by atoms with Crippen molar-refractivity contribution in [3.05, 3.63) is 106 Å². The van der Waals surface area contributed by atoms with Crippen molar-refractivity contribution in [1.82, 2.24) is 24.6 Å². The Kier molecular flexibility index (Phi) is 11.1. The largest absolute Gasteiger partial charge is 0.455 e. The number of sulfonamides is 1. The Bertz CT molecular complexity index is 2670. The molecule has 5 aromatic rings. The highest BCUT2D eigenvalue weighted by atomic mass is 32.2. The molecule has 2 saturated heterocycles. The number of piperidine rings is 1. The number of H-pyrrole nitrogens is 1. The van der Waals surface area contributed by atoms with Gasteiger partial charge in [-0.15, -0.1) is 0 Å². The maximum Gasteiger partial charge on any atom is 0.312 e. The van der Waals surface area contributed by atoms with Crippen molar-refractivity contribution in [3.63, 3.8) is 0 Å². The molecule has 0 unspecified atom stereocenters. The average molecular weight is 889 g/mol. The summed E-state index contributed by atoms with van der Waals surface area (Å²) in [6, 6.07) is 19.5. The van der Waals surface area contributed by atoms with Crippen molar-refractivity contribution in [2.75, 3.05) is 42.9 Å². The number of benzene rings is 2. The van der Waals surface area contributed by atoms with Crippen LogP contribution in [0.15, 0.2) is 84.1 Å². The Labute approximate surface area is 373 Å². The van der Waals surface area contributed by atoms with E-state index in [2.05, 4.69) is 59.1 Å². The molecule has 64 heavy (non-hydrogen) atoms. The number of anilines is 2. The van der Waals surface area contributed by atoms with Crippen molar-refractivity contribution >= 4 is 44.2 Å². The molecule has 0 radical (unpaired) electrons. The minimum Gasteiger partial charge on any atom is -0.455 e. The Balaban J connectivity index is 0.833. The molecular formula is C48H56N8O7S. The van der Waals surface area contributed by atoms with E-state index in [1.165, 1.54) is 38.3 Å². The summed E-state index contributed by atoms with van der Waals surface area (Å²) >= 11 is 0. The maximum absolute atomic E-state index is 14.0. The predicted octanol–water partition coefficient (Wildman–Crippen LogP) is 8.25. The summed E-state index contributed by atoms with van der Waals surface area (Å²) in [7, 11) is -4.62. The smallest absolute Gasteiger partial charge is 0.312 e. The fourth-order valence-corrected chi connectivity index (χ4v) is 11.8. The predicted molar refractivity (Wildman–Crippen MR) is 243 cm³/mol. The fourth-order valence-electron chi connectivity index (χ4n) is 10.9. The molecule has 5 aliphatic rings. The van der Waals surface area contributed by atoms with Gasteiger partial charge in [0.05, 0.1) is 28.5 Å². The van der Waals surface area contributed by atoms with E-state index < -0.39 is 37.0 Å². The Morgan fingerprint density at radius 2 is 1.72 bits per heavy atom. The van der Waals surface area contributed by atoms with Gasteiger partial charge in [-0.05, 0) is 130 Å². The number of hydrogen-bond donors (Lipinski definition) is 4. The molecule has 1 amide bonds. The molecule has 4 N–H and O–H groups in total. The third-order valence-corrected chi connectivity index (χ3v) is 16.1. The molecule has 2 aliphatic heterocycles. The first-order chi connectivity index (χ1) is 30.8. The van der Waals surface area contributed by atoms with E-state index in [4.69, 9.17) is 4.74 Å². The van der Waals surface area contributed by atoms with Gasteiger partial charge in [0.15, 0.2) is 0 Å². The highest BCUT2D eigenvalue weighted by Crippen LogP contribution is 2.51. The zero-order valence-electron chi connectivity index (χ0n) is 36.2. The number of likely N-dealkylation sites (tertiary alicyclic amines) is 1. The third kappa shape index (κ3) is 8.66. The number of nitro groups is 1. The topological polar surface area (TPSA) is 196 Å². The normalized spacial score (nSPS) is 24.7. The van der Waals surface area contributed by atoms with Gasteiger partial charge < -0.3 is 25.0 Å². The standard InChI is InChI=1S/C48H56N8O7S/c1-47(58)16-13-31(14-17-47)26-50-45-42(56(59)60)25-36(28-52-45)64(61,62)53-46(57)40-12-11-34(24-43(40)63-35-23-33-15-20-49-44(33)51-27-35)54-21-18-48(19-22-54)29-55(30-48)41-8-4-7-39(41)38-6-3-2-5-37(38)32-9-10-32/h2-3,5-6,11-12,15,20,23-25,27-28,31-32,39,41,58H,4,7-10,13-14,16-19,21-22,26,29-30H2,1H3,(H,49,51)(H,50,52)(H,53,57)/t31-,39-,41+,47-/m0/s1. The summed E-state index contributed by atoms with van der Waals surface area (Å²) in [6.45, 7) is 6.09. The summed E-state index contributed by atoms with van der Waals surface area (Å²) in [5, 5.41) is 26.2. The van der Waals surface area contributed by atoms with Crippen LogP contribution >= 0.6 is 0 Å². The number of fused-ring (bicyclic) bond motifs is 1. The minimum atomic E-state index is -4.62. The molecule has 0 bridgehead atoms. The number of aromatic nitrogens is 3. The van der Waals surface area contributed by atoms with Crippen LogP contribution in [0.2, 0.25) is 0 Å². The second-order valence-corrected chi connectivity index (χ2v) is 21.0. The fraction of sp³-hybridized carbons (Fsp3) is 0.479. The average Bonchev–Trinajstić information content (AvgIpc) is 3.82. The number of aromatic amines is 1. The number of carbonyl (C=O) groups excluding carboxylic acids is 1. The van der Waals surface area contributed by atoms with E-state index in [1.54, 1.807) is 42.4 Å². The number of rotatable bonds is 13. The second kappa shape index (κ2) is 16.8. The summed E-state index contributed by atoms with van der Waals surface area (Å²) in [4.78, 5) is 41.5. The third-order valence-electron chi connectivity index (χ3n) is 14.8. The van der Waals surface area contributed by atoms with Gasteiger partial charge in [0.2, 0.25) is 5.82 Å². The number of amides is 1. The zero-order chi connectivity index (χ0) is 44.2. The van der Waals surface area contributed by atoms with Crippen molar-refractivity contribution in [1.29, 1.82) is 0 Å². The SMILES string of the molecule is C[C@]1(O)CC[C@H](CNc2ncc(S(=O)(=O)NC(=O)c3ccc(N4CCC5(CC4)CN([C@@H]4CCC[C@H]4c4ccccc4C4CC4)C5)cc3Oc3cnc4[nH]ccc4c3)cc2[N+](=O)[O-])CC1. The second-order valence-electron chi connectivity index (χ2n) is 19.3. The Morgan fingerprint density at radius 1 is 0.953 bits per heavy atom. The van der Waals surface area contributed by atoms with Crippen LogP contribution in [0.4, 0.5) is 17.2 Å². The van der Waals surface area contributed by atoms with Crippen LogP contribution in [0.5, 0.6) is 11.5 Å². The lowest BCUT2D eigenvalue weighted by atomic mass is 9.70. The van der Waals surface area contributed by atoms with Crippen molar-refractivity contribution in [2.45, 2.75) is 106 Å². The summed E-state index contributed by atoms with van der Waals surface area (Å²) in [5.74, 6) is 0.999. The van der Waals surface area contributed by atoms with E-state index in [1.807, 2.05) is 12.1 Å². The van der Waals surface area contributed by atoms with Gasteiger partial charge in [0.1, 0.15) is 22.0 Å². The van der Waals surface area contributed by atoms with Crippen LogP contribution < -0.4 is 19.7 Å².